The molecule has 1 aromatic heterocycles. The lowest BCUT2D eigenvalue weighted by molar-refractivity contribution is 0.282. The van der Waals surface area contributed by atoms with E-state index in [4.69, 9.17) is 28.3 Å². The second-order valence-corrected chi connectivity index (χ2v) is 7.15. The van der Waals surface area contributed by atoms with Crippen LogP contribution in [0.2, 0.25) is 10.0 Å². The first-order valence-electron chi connectivity index (χ1n) is 5.08. The van der Waals surface area contributed by atoms with Gasteiger partial charge in [-0.05, 0) is 29.6 Å². The highest BCUT2D eigenvalue weighted by Gasteiger charge is 2.19. The van der Waals surface area contributed by atoms with E-state index in [1.807, 2.05) is 0 Å². The van der Waals surface area contributed by atoms with Crippen LogP contribution in [0, 0.1) is 0 Å². The Labute approximate surface area is 124 Å². The summed E-state index contributed by atoms with van der Waals surface area (Å²) in [4.78, 5) is 0.428. The maximum Gasteiger partial charge on any atom is 0.263 e. The number of benzene rings is 1. The van der Waals surface area contributed by atoms with Gasteiger partial charge < -0.3 is 5.11 Å². The molecule has 0 spiro atoms. The Bertz CT molecular complexity index is 677. The Kier molecular flexibility index (Phi) is 4.37. The molecule has 0 fully saturated rings. The number of anilines is 1. The van der Waals surface area contributed by atoms with E-state index in [2.05, 4.69) is 4.72 Å². The van der Waals surface area contributed by atoms with Crippen LogP contribution >= 0.6 is 34.5 Å². The SMILES string of the molecule is O=S(=O)(Nc1cc(Cl)cc(Cl)c1)c1ccsc1CO. The van der Waals surface area contributed by atoms with Crippen molar-refractivity contribution >= 4 is 50.2 Å². The molecule has 0 saturated heterocycles. The first-order valence-corrected chi connectivity index (χ1v) is 8.20. The summed E-state index contributed by atoms with van der Waals surface area (Å²) in [6.07, 6.45) is 0. The van der Waals surface area contributed by atoms with Gasteiger partial charge in [-0.15, -0.1) is 11.3 Å². The zero-order valence-electron chi connectivity index (χ0n) is 9.43. The molecule has 1 aromatic carbocycles. The number of hydrogen-bond acceptors (Lipinski definition) is 4. The van der Waals surface area contributed by atoms with Crippen LogP contribution in [0.1, 0.15) is 4.88 Å². The number of halogens is 2. The largest absolute Gasteiger partial charge is 0.391 e. The summed E-state index contributed by atoms with van der Waals surface area (Å²) < 4.78 is 26.7. The van der Waals surface area contributed by atoms with Crippen molar-refractivity contribution in [1.29, 1.82) is 0 Å². The van der Waals surface area contributed by atoms with Crippen molar-refractivity contribution < 1.29 is 13.5 Å². The van der Waals surface area contributed by atoms with E-state index in [-0.39, 0.29) is 17.2 Å². The smallest absolute Gasteiger partial charge is 0.263 e. The quantitative estimate of drug-likeness (QED) is 0.898. The summed E-state index contributed by atoms with van der Waals surface area (Å²) in [5.74, 6) is 0. The zero-order chi connectivity index (χ0) is 14.0. The van der Waals surface area contributed by atoms with Crippen molar-refractivity contribution in [2.75, 3.05) is 4.72 Å². The van der Waals surface area contributed by atoms with Crippen LogP contribution in [0.5, 0.6) is 0 Å². The van der Waals surface area contributed by atoms with Crippen molar-refractivity contribution in [3.63, 3.8) is 0 Å². The molecular formula is C11H9Cl2NO3S2. The number of sulfonamides is 1. The lowest BCUT2D eigenvalue weighted by Crippen LogP contribution is -2.13. The van der Waals surface area contributed by atoms with Gasteiger partial charge in [0, 0.05) is 10.0 Å². The number of aliphatic hydroxyl groups excluding tert-OH is 1. The highest BCUT2D eigenvalue weighted by molar-refractivity contribution is 7.93. The van der Waals surface area contributed by atoms with Crippen LogP contribution in [-0.2, 0) is 16.6 Å². The van der Waals surface area contributed by atoms with E-state index < -0.39 is 10.0 Å². The maximum atomic E-state index is 12.2. The summed E-state index contributed by atoms with van der Waals surface area (Å²) >= 11 is 12.8. The fourth-order valence-electron chi connectivity index (χ4n) is 1.51. The molecule has 0 bridgehead atoms. The van der Waals surface area contributed by atoms with Crippen molar-refractivity contribution in [3.8, 4) is 0 Å². The van der Waals surface area contributed by atoms with Gasteiger partial charge in [-0.3, -0.25) is 4.72 Å². The van der Waals surface area contributed by atoms with Crippen molar-refractivity contribution in [2.24, 2.45) is 0 Å². The molecule has 2 aromatic rings. The highest BCUT2D eigenvalue weighted by atomic mass is 35.5. The molecule has 0 saturated carbocycles. The van der Waals surface area contributed by atoms with Gasteiger partial charge in [0.2, 0.25) is 0 Å². The van der Waals surface area contributed by atoms with E-state index in [0.29, 0.717) is 14.9 Å². The molecule has 4 nitrogen and oxygen atoms in total. The minimum atomic E-state index is -3.76. The number of rotatable bonds is 4. The molecule has 0 unspecified atom stereocenters. The average molecular weight is 338 g/mol. The van der Waals surface area contributed by atoms with Crippen molar-refractivity contribution in [1.82, 2.24) is 0 Å². The normalized spacial score (nSPS) is 11.5. The van der Waals surface area contributed by atoms with Crippen molar-refractivity contribution in [2.45, 2.75) is 11.5 Å². The lowest BCUT2D eigenvalue weighted by Gasteiger charge is -2.09. The zero-order valence-corrected chi connectivity index (χ0v) is 12.6. The minimum Gasteiger partial charge on any atom is -0.391 e. The van der Waals surface area contributed by atoms with Gasteiger partial charge in [-0.1, -0.05) is 23.2 Å². The lowest BCUT2D eigenvalue weighted by atomic mass is 10.3. The molecule has 0 atom stereocenters. The fourth-order valence-corrected chi connectivity index (χ4v) is 4.37. The second-order valence-electron chi connectivity index (χ2n) is 3.63. The van der Waals surface area contributed by atoms with Crippen LogP contribution in [-0.4, -0.2) is 13.5 Å². The summed E-state index contributed by atoms with van der Waals surface area (Å²) in [7, 11) is -3.76. The third-order valence-corrected chi connectivity index (χ3v) is 5.19. The minimum absolute atomic E-state index is 0.0519. The molecule has 0 amide bonds. The monoisotopic (exact) mass is 337 g/mol. The van der Waals surface area contributed by atoms with Crippen LogP contribution < -0.4 is 4.72 Å². The predicted octanol–water partition coefficient (Wildman–Crippen LogP) is 3.35. The molecular weight excluding hydrogens is 329 g/mol. The topological polar surface area (TPSA) is 66.4 Å². The third-order valence-electron chi connectivity index (χ3n) is 2.25. The number of hydrogen-bond donors (Lipinski definition) is 2. The van der Waals surface area contributed by atoms with Crippen LogP contribution in [0.4, 0.5) is 5.69 Å². The Morgan fingerprint density at radius 1 is 1.21 bits per heavy atom. The summed E-state index contributed by atoms with van der Waals surface area (Å²) in [6.45, 7) is -0.329. The van der Waals surface area contributed by atoms with E-state index in [1.165, 1.54) is 35.6 Å². The first-order chi connectivity index (χ1) is 8.92. The third kappa shape index (κ3) is 3.40. The Hall–Kier alpha value is -0.790. The highest BCUT2D eigenvalue weighted by Crippen LogP contribution is 2.27. The summed E-state index contributed by atoms with van der Waals surface area (Å²) in [5, 5.41) is 11.4. The second kappa shape index (κ2) is 5.68. The maximum absolute atomic E-state index is 12.2. The Morgan fingerprint density at radius 3 is 2.42 bits per heavy atom. The van der Waals surface area contributed by atoms with E-state index in [9.17, 15) is 8.42 Å². The van der Waals surface area contributed by atoms with Gasteiger partial charge in [-0.25, -0.2) is 8.42 Å². The summed E-state index contributed by atoms with van der Waals surface area (Å²) in [6, 6.07) is 5.85. The van der Waals surface area contributed by atoms with Crippen LogP contribution in [0.25, 0.3) is 0 Å². The first kappa shape index (κ1) is 14.6. The Morgan fingerprint density at radius 2 is 1.84 bits per heavy atom. The van der Waals surface area contributed by atoms with E-state index in [1.54, 1.807) is 5.38 Å². The number of nitrogens with one attached hydrogen (secondary N) is 1. The molecule has 8 heteroatoms. The molecule has 2 rings (SSSR count). The van der Waals surface area contributed by atoms with Crippen LogP contribution in [0.15, 0.2) is 34.5 Å². The fraction of sp³-hybridized carbons (Fsp3) is 0.0909. The van der Waals surface area contributed by atoms with Gasteiger partial charge in [0.25, 0.3) is 10.0 Å². The Balaban J connectivity index is 2.36. The molecule has 2 N–H and O–H groups in total. The van der Waals surface area contributed by atoms with Gasteiger partial charge in [0.05, 0.1) is 17.2 Å². The summed E-state index contributed by atoms with van der Waals surface area (Å²) in [5.41, 5.74) is 0.271. The standard InChI is InChI=1S/C11H9Cl2NO3S2/c12-7-3-8(13)5-9(4-7)14-19(16,17)11-1-2-18-10(11)6-15/h1-5,14-15H,6H2. The molecule has 0 aliphatic rings. The van der Waals surface area contributed by atoms with Gasteiger partial charge in [-0.2, -0.15) is 0 Å². The number of aliphatic hydroxyl groups is 1. The van der Waals surface area contributed by atoms with Gasteiger partial charge in [0.15, 0.2) is 0 Å². The molecule has 0 aliphatic heterocycles. The van der Waals surface area contributed by atoms with Gasteiger partial charge in [0.1, 0.15) is 4.90 Å². The average Bonchev–Trinajstić information content (AvgIpc) is 2.75. The number of thiophene rings is 1. The molecule has 19 heavy (non-hydrogen) atoms. The molecule has 102 valence electrons. The van der Waals surface area contributed by atoms with E-state index >= 15 is 0 Å². The molecule has 1 heterocycles. The predicted molar refractivity (Wildman–Crippen MR) is 77.5 cm³/mol. The van der Waals surface area contributed by atoms with Crippen LogP contribution in [0.3, 0.4) is 0 Å². The van der Waals surface area contributed by atoms with Crippen molar-refractivity contribution in [3.05, 3.63) is 44.6 Å². The van der Waals surface area contributed by atoms with E-state index in [0.717, 1.165) is 0 Å². The molecule has 0 radical (unpaired) electrons. The van der Waals surface area contributed by atoms with Gasteiger partial charge >= 0.3 is 0 Å². The molecule has 0 aliphatic carbocycles.